The van der Waals surface area contributed by atoms with E-state index in [1.54, 1.807) is 25.1 Å². The molecule has 0 aliphatic carbocycles. The maximum Gasteiger partial charge on any atom is 0.327 e. The van der Waals surface area contributed by atoms with Crippen LogP contribution < -0.4 is 10.6 Å². The molecule has 0 spiro atoms. The van der Waals surface area contributed by atoms with Crippen molar-refractivity contribution >= 4 is 50.8 Å². The molecule has 2 N–H and O–H groups in total. The molecule has 0 saturated heterocycles. The molecule has 11 heteroatoms. The molecule has 0 unspecified atom stereocenters. The van der Waals surface area contributed by atoms with Crippen molar-refractivity contribution in [3.63, 3.8) is 0 Å². The number of hydrogen-bond acceptors (Lipinski definition) is 6. The van der Waals surface area contributed by atoms with Gasteiger partial charge in [-0.1, -0.05) is 41.4 Å². The molecule has 3 rings (SSSR count). The SMILES string of the molecule is Cc1nc(NC(=O)NC(=O)c2c(Cl)cccc2Cl)cnc1-c1ccc(S(C)(=O)=O)cc1. The standard InChI is InChI=1S/C20H16Cl2N4O4S/c1-11-18(12-6-8-13(9-7-12)31(2,29)30)23-10-16(24-11)25-20(28)26-19(27)17-14(21)4-3-5-15(17)22/h3-10H,1-2H3,(H2,24,25,26,27,28). The van der Waals surface area contributed by atoms with E-state index >= 15 is 0 Å². The van der Waals surface area contributed by atoms with Crippen LogP contribution in [0.2, 0.25) is 10.0 Å². The van der Waals surface area contributed by atoms with E-state index in [4.69, 9.17) is 23.2 Å². The summed E-state index contributed by atoms with van der Waals surface area (Å²) in [6, 6.07) is 9.93. The summed E-state index contributed by atoms with van der Waals surface area (Å²) in [5.41, 5.74) is 1.66. The average molecular weight is 479 g/mol. The van der Waals surface area contributed by atoms with E-state index in [-0.39, 0.29) is 26.3 Å². The highest BCUT2D eigenvalue weighted by molar-refractivity contribution is 7.90. The number of rotatable bonds is 4. The second-order valence-electron chi connectivity index (χ2n) is 6.49. The molecule has 0 aliphatic rings. The molecule has 1 heterocycles. The highest BCUT2D eigenvalue weighted by Gasteiger charge is 2.18. The Balaban J connectivity index is 1.73. The zero-order chi connectivity index (χ0) is 22.8. The lowest BCUT2D eigenvalue weighted by Gasteiger charge is -2.10. The molecule has 8 nitrogen and oxygen atoms in total. The monoisotopic (exact) mass is 478 g/mol. The molecular formula is C20H16Cl2N4O4S. The Morgan fingerprint density at radius 2 is 1.61 bits per heavy atom. The van der Waals surface area contributed by atoms with Crippen LogP contribution in [0.5, 0.6) is 0 Å². The third kappa shape index (κ3) is 5.38. The van der Waals surface area contributed by atoms with Crippen LogP contribution in [-0.2, 0) is 9.84 Å². The van der Waals surface area contributed by atoms with Crippen LogP contribution in [0.4, 0.5) is 10.6 Å². The van der Waals surface area contributed by atoms with Gasteiger partial charge in [0.05, 0.1) is 38.1 Å². The molecule has 3 amide bonds. The van der Waals surface area contributed by atoms with E-state index in [1.165, 1.54) is 30.5 Å². The zero-order valence-electron chi connectivity index (χ0n) is 16.3. The topological polar surface area (TPSA) is 118 Å². The summed E-state index contributed by atoms with van der Waals surface area (Å²) in [5.74, 6) is -0.648. The van der Waals surface area contributed by atoms with E-state index in [0.29, 0.717) is 17.0 Å². The van der Waals surface area contributed by atoms with Crippen LogP contribution in [0.1, 0.15) is 16.1 Å². The van der Waals surface area contributed by atoms with Crippen molar-refractivity contribution in [1.29, 1.82) is 0 Å². The van der Waals surface area contributed by atoms with Crippen LogP contribution in [0.3, 0.4) is 0 Å². The average Bonchev–Trinajstić information content (AvgIpc) is 2.67. The van der Waals surface area contributed by atoms with Gasteiger partial charge in [0.15, 0.2) is 15.7 Å². The van der Waals surface area contributed by atoms with Crippen molar-refractivity contribution in [2.24, 2.45) is 0 Å². The Morgan fingerprint density at radius 3 is 2.16 bits per heavy atom. The van der Waals surface area contributed by atoms with Gasteiger partial charge in [-0.3, -0.25) is 20.4 Å². The van der Waals surface area contributed by atoms with Crippen LogP contribution in [0.25, 0.3) is 11.3 Å². The van der Waals surface area contributed by atoms with Gasteiger partial charge in [-0.05, 0) is 31.2 Å². The summed E-state index contributed by atoms with van der Waals surface area (Å²) in [6.45, 7) is 1.69. The first-order valence-corrected chi connectivity index (χ1v) is 11.4. The number of nitrogens with one attached hydrogen (secondary N) is 2. The quantitative estimate of drug-likeness (QED) is 0.581. The van der Waals surface area contributed by atoms with Crippen molar-refractivity contribution in [3.05, 3.63) is 70.0 Å². The molecule has 0 aliphatic heterocycles. The summed E-state index contributed by atoms with van der Waals surface area (Å²) >= 11 is 11.9. The molecule has 160 valence electrons. The molecular weight excluding hydrogens is 463 g/mol. The maximum absolute atomic E-state index is 12.3. The molecule has 0 atom stereocenters. The number of amides is 3. The van der Waals surface area contributed by atoms with Gasteiger partial charge < -0.3 is 0 Å². The number of halogens is 2. The van der Waals surface area contributed by atoms with E-state index in [2.05, 4.69) is 20.6 Å². The summed E-state index contributed by atoms with van der Waals surface area (Å²) in [4.78, 5) is 33.2. The molecule has 0 fully saturated rings. The Hall–Kier alpha value is -3.01. The zero-order valence-corrected chi connectivity index (χ0v) is 18.6. The van der Waals surface area contributed by atoms with Crippen molar-refractivity contribution in [2.75, 3.05) is 11.6 Å². The summed E-state index contributed by atoms with van der Waals surface area (Å²) in [6.07, 6.45) is 2.45. The lowest BCUT2D eigenvalue weighted by atomic mass is 10.1. The number of carbonyl (C=O) groups excluding carboxylic acids is 2. The highest BCUT2D eigenvalue weighted by atomic mass is 35.5. The number of sulfone groups is 1. The third-order valence-corrected chi connectivity index (χ3v) is 5.92. The van der Waals surface area contributed by atoms with Gasteiger partial charge in [-0.2, -0.15) is 0 Å². The van der Waals surface area contributed by atoms with Crippen molar-refractivity contribution in [1.82, 2.24) is 15.3 Å². The number of urea groups is 1. The first-order valence-electron chi connectivity index (χ1n) is 8.76. The number of aromatic nitrogens is 2. The van der Waals surface area contributed by atoms with E-state index < -0.39 is 21.8 Å². The lowest BCUT2D eigenvalue weighted by molar-refractivity contribution is 0.0967. The first-order chi connectivity index (χ1) is 14.6. The third-order valence-electron chi connectivity index (χ3n) is 4.16. The highest BCUT2D eigenvalue weighted by Crippen LogP contribution is 2.24. The fourth-order valence-corrected chi connectivity index (χ4v) is 3.91. The van der Waals surface area contributed by atoms with Crippen LogP contribution in [0, 0.1) is 6.92 Å². The Kier molecular flexibility index (Phi) is 6.59. The number of nitrogens with zero attached hydrogens (tertiary/aromatic N) is 2. The van der Waals surface area contributed by atoms with Gasteiger partial charge >= 0.3 is 6.03 Å². The van der Waals surface area contributed by atoms with E-state index in [9.17, 15) is 18.0 Å². The molecule has 0 radical (unpaired) electrons. The number of hydrogen-bond donors (Lipinski definition) is 2. The normalized spacial score (nSPS) is 11.1. The number of anilines is 1. The Bertz CT molecular complexity index is 1260. The fourth-order valence-electron chi connectivity index (χ4n) is 2.71. The van der Waals surface area contributed by atoms with Crippen molar-refractivity contribution < 1.29 is 18.0 Å². The fraction of sp³-hybridized carbons (Fsp3) is 0.100. The Morgan fingerprint density at radius 1 is 1.00 bits per heavy atom. The van der Waals surface area contributed by atoms with Gasteiger partial charge in [-0.25, -0.2) is 18.2 Å². The Labute approximate surface area is 188 Å². The van der Waals surface area contributed by atoms with Gasteiger partial charge in [0.25, 0.3) is 5.91 Å². The van der Waals surface area contributed by atoms with Crippen molar-refractivity contribution in [3.8, 4) is 11.3 Å². The number of imide groups is 1. The molecule has 2 aromatic carbocycles. The first kappa shape index (κ1) is 22.7. The molecule has 0 saturated carbocycles. The van der Waals surface area contributed by atoms with Crippen molar-refractivity contribution in [2.45, 2.75) is 11.8 Å². The minimum absolute atomic E-state index is 0.0175. The number of aryl methyl sites for hydroxylation is 1. The minimum atomic E-state index is -3.30. The number of benzene rings is 2. The van der Waals surface area contributed by atoms with Gasteiger partial charge in [-0.15, -0.1) is 0 Å². The van der Waals surface area contributed by atoms with E-state index in [1.807, 2.05) is 0 Å². The second kappa shape index (κ2) is 9.01. The van der Waals surface area contributed by atoms with Crippen LogP contribution in [0.15, 0.2) is 53.6 Å². The van der Waals surface area contributed by atoms with Gasteiger partial charge in [0.1, 0.15) is 0 Å². The summed E-state index contributed by atoms with van der Waals surface area (Å²) in [5, 5.41) is 4.77. The van der Waals surface area contributed by atoms with Gasteiger partial charge in [0, 0.05) is 11.8 Å². The maximum atomic E-state index is 12.3. The van der Waals surface area contributed by atoms with Crippen LogP contribution in [-0.4, -0.2) is 36.6 Å². The lowest BCUT2D eigenvalue weighted by Crippen LogP contribution is -2.35. The molecule has 0 bridgehead atoms. The molecule has 31 heavy (non-hydrogen) atoms. The molecule has 1 aromatic heterocycles. The molecule has 3 aromatic rings. The van der Waals surface area contributed by atoms with Gasteiger partial charge in [0.2, 0.25) is 0 Å². The predicted octanol–water partition coefficient (Wildman–Crippen LogP) is 4.12. The smallest absolute Gasteiger partial charge is 0.291 e. The summed E-state index contributed by atoms with van der Waals surface area (Å²) < 4.78 is 23.2. The second-order valence-corrected chi connectivity index (χ2v) is 9.32. The predicted molar refractivity (Wildman–Crippen MR) is 118 cm³/mol. The minimum Gasteiger partial charge on any atom is -0.291 e. The largest absolute Gasteiger partial charge is 0.327 e. The van der Waals surface area contributed by atoms with Crippen LogP contribution >= 0.6 is 23.2 Å². The number of carbonyl (C=O) groups is 2. The van der Waals surface area contributed by atoms with E-state index in [0.717, 1.165) is 6.26 Å². The summed E-state index contributed by atoms with van der Waals surface area (Å²) in [7, 11) is -3.30.